The number of aromatic nitrogens is 1. The Morgan fingerprint density at radius 1 is 1.17 bits per heavy atom. The Morgan fingerprint density at radius 3 is 2.47 bits per heavy atom. The van der Waals surface area contributed by atoms with Gasteiger partial charge in [-0.05, 0) is 33.6 Å². The molecule has 0 amide bonds. The number of rotatable bonds is 7. The molecule has 30 heavy (non-hydrogen) atoms. The number of ether oxygens (including phenoxy) is 1. The van der Waals surface area contributed by atoms with E-state index in [4.69, 9.17) is 14.3 Å². The molecule has 172 valence electrons. The van der Waals surface area contributed by atoms with Gasteiger partial charge in [-0.25, -0.2) is 0 Å². The summed E-state index contributed by atoms with van der Waals surface area (Å²) in [6.07, 6.45) is 6.44. The Morgan fingerprint density at radius 2 is 1.87 bits per heavy atom. The van der Waals surface area contributed by atoms with Gasteiger partial charge in [-0.15, -0.1) is 24.0 Å². The molecule has 8 heteroatoms. The second kappa shape index (κ2) is 12.2. The normalized spacial score (nSPS) is 21.0. The van der Waals surface area contributed by atoms with Crippen molar-refractivity contribution in [1.82, 2.24) is 20.7 Å². The van der Waals surface area contributed by atoms with Gasteiger partial charge in [0.05, 0.1) is 25.5 Å². The number of hydrogen-bond donors (Lipinski definition) is 2. The fraction of sp³-hybridized carbons (Fsp3) is 0.818. The highest BCUT2D eigenvalue weighted by Gasteiger charge is 2.38. The quantitative estimate of drug-likeness (QED) is 0.317. The van der Waals surface area contributed by atoms with E-state index in [1.807, 2.05) is 13.8 Å². The zero-order chi connectivity index (χ0) is 20.7. The minimum Gasteiger partial charge on any atom is -0.379 e. The average molecular weight is 533 g/mol. The van der Waals surface area contributed by atoms with Crippen LogP contribution in [-0.4, -0.2) is 67.5 Å². The minimum absolute atomic E-state index is 0. The molecule has 2 fully saturated rings. The molecule has 1 aromatic rings. The molecule has 1 unspecified atom stereocenters. The molecule has 2 aliphatic rings. The summed E-state index contributed by atoms with van der Waals surface area (Å²) in [5.74, 6) is 2.13. The number of nitrogens with zero attached hydrogens (tertiary/aromatic N) is 3. The second-order valence-corrected chi connectivity index (χ2v) is 8.60. The van der Waals surface area contributed by atoms with E-state index in [2.05, 4.69) is 34.5 Å². The van der Waals surface area contributed by atoms with Crippen molar-refractivity contribution in [3.8, 4) is 0 Å². The van der Waals surface area contributed by atoms with Gasteiger partial charge in [0.25, 0.3) is 0 Å². The summed E-state index contributed by atoms with van der Waals surface area (Å²) in [6, 6.07) is 0. The highest BCUT2D eigenvalue weighted by Crippen LogP contribution is 2.34. The third-order valence-electron chi connectivity index (χ3n) is 6.50. The van der Waals surface area contributed by atoms with Gasteiger partial charge in [-0.3, -0.25) is 9.89 Å². The third-order valence-corrected chi connectivity index (χ3v) is 6.50. The lowest BCUT2D eigenvalue weighted by atomic mass is 9.80. The van der Waals surface area contributed by atoms with E-state index in [0.29, 0.717) is 5.92 Å². The Bertz CT molecular complexity index is 647. The van der Waals surface area contributed by atoms with Crippen molar-refractivity contribution in [3.63, 3.8) is 0 Å². The molecular formula is C22H40IN5O2. The summed E-state index contributed by atoms with van der Waals surface area (Å²) in [4.78, 5) is 7.70. The van der Waals surface area contributed by atoms with Crippen molar-refractivity contribution in [1.29, 1.82) is 0 Å². The molecule has 1 saturated carbocycles. The van der Waals surface area contributed by atoms with Crippen LogP contribution in [0.15, 0.2) is 9.52 Å². The van der Waals surface area contributed by atoms with Crippen LogP contribution in [0.3, 0.4) is 0 Å². The lowest BCUT2D eigenvalue weighted by Crippen LogP contribution is -2.56. The zero-order valence-electron chi connectivity index (χ0n) is 19.1. The summed E-state index contributed by atoms with van der Waals surface area (Å²) >= 11 is 0. The molecule has 1 atom stereocenters. The molecule has 1 aliphatic heterocycles. The van der Waals surface area contributed by atoms with Gasteiger partial charge in [-0.2, -0.15) is 0 Å². The zero-order valence-corrected chi connectivity index (χ0v) is 21.5. The van der Waals surface area contributed by atoms with Gasteiger partial charge in [0.2, 0.25) is 0 Å². The maximum Gasteiger partial charge on any atom is 0.191 e. The number of morpholine rings is 1. The number of nitrogens with one attached hydrogen (secondary N) is 2. The predicted molar refractivity (Wildman–Crippen MR) is 132 cm³/mol. The number of halogens is 1. The van der Waals surface area contributed by atoms with E-state index in [-0.39, 0.29) is 29.5 Å². The SMILES string of the molecule is CCNC(=NCC1(N2CCOCC2)CCCCC1)NCC(C)c1c(C)noc1C.I. The van der Waals surface area contributed by atoms with Crippen molar-refractivity contribution in [2.75, 3.05) is 45.9 Å². The fourth-order valence-electron chi connectivity index (χ4n) is 4.94. The topological polar surface area (TPSA) is 74.9 Å². The van der Waals surface area contributed by atoms with Crippen LogP contribution in [0.1, 0.15) is 68.9 Å². The van der Waals surface area contributed by atoms with Crippen LogP contribution in [0.2, 0.25) is 0 Å². The van der Waals surface area contributed by atoms with Crippen LogP contribution in [0.4, 0.5) is 0 Å². The lowest BCUT2D eigenvalue weighted by molar-refractivity contribution is -0.0333. The Kier molecular flexibility index (Phi) is 10.4. The first kappa shape index (κ1) is 25.4. The van der Waals surface area contributed by atoms with Gasteiger partial charge in [-0.1, -0.05) is 31.3 Å². The molecule has 2 heterocycles. The van der Waals surface area contributed by atoms with E-state index >= 15 is 0 Å². The van der Waals surface area contributed by atoms with Crippen LogP contribution < -0.4 is 10.6 Å². The van der Waals surface area contributed by atoms with Crippen molar-refractivity contribution < 1.29 is 9.26 Å². The number of aryl methyl sites for hydroxylation is 2. The smallest absolute Gasteiger partial charge is 0.191 e. The predicted octanol–water partition coefficient (Wildman–Crippen LogP) is 3.60. The summed E-state index contributed by atoms with van der Waals surface area (Å²) in [6.45, 7) is 14.6. The summed E-state index contributed by atoms with van der Waals surface area (Å²) < 4.78 is 10.9. The Labute approximate surface area is 198 Å². The first-order valence-electron chi connectivity index (χ1n) is 11.3. The average Bonchev–Trinajstić information content (AvgIpc) is 3.09. The van der Waals surface area contributed by atoms with Gasteiger partial charge in [0.15, 0.2) is 5.96 Å². The largest absolute Gasteiger partial charge is 0.379 e. The summed E-state index contributed by atoms with van der Waals surface area (Å²) in [7, 11) is 0. The van der Waals surface area contributed by atoms with Crippen molar-refractivity contribution in [2.24, 2.45) is 4.99 Å². The van der Waals surface area contributed by atoms with Crippen molar-refractivity contribution in [3.05, 3.63) is 17.0 Å². The summed E-state index contributed by atoms with van der Waals surface area (Å²) in [5.41, 5.74) is 2.37. The molecule has 0 bridgehead atoms. The second-order valence-electron chi connectivity index (χ2n) is 8.60. The molecule has 1 saturated heterocycles. The van der Waals surface area contributed by atoms with Crippen LogP contribution in [0.25, 0.3) is 0 Å². The maximum absolute atomic E-state index is 5.60. The number of aliphatic imine (C=N–C) groups is 1. The minimum atomic E-state index is 0. The number of hydrogen-bond acceptors (Lipinski definition) is 5. The van der Waals surface area contributed by atoms with E-state index in [1.165, 1.54) is 37.7 Å². The Hall–Kier alpha value is -0.870. The monoisotopic (exact) mass is 533 g/mol. The maximum atomic E-state index is 5.60. The van der Waals surface area contributed by atoms with Gasteiger partial charge >= 0.3 is 0 Å². The summed E-state index contributed by atoms with van der Waals surface area (Å²) in [5, 5.41) is 11.1. The van der Waals surface area contributed by atoms with Gasteiger partial charge in [0, 0.05) is 43.2 Å². The molecule has 0 spiro atoms. The standard InChI is InChI=1S/C22H39N5O2.HI/c1-5-23-21(24-15-17(2)20-18(3)26-29-19(20)4)25-16-22(9-7-6-8-10-22)27-11-13-28-14-12-27;/h17H,5-16H2,1-4H3,(H2,23,24,25);1H. The fourth-order valence-corrected chi connectivity index (χ4v) is 4.94. The Balaban J connectivity index is 0.00000320. The first-order valence-corrected chi connectivity index (χ1v) is 11.3. The van der Waals surface area contributed by atoms with E-state index < -0.39 is 0 Å². The van der Waals surface area contributed by atoms with E-state index in [9.17, 15) is 0 Å². The van der Waals surface area contributed by atoms with Gasteiger partial charge < -0.3 is 19.9 Å². The van der Waals surface area contributed by atoms with E-state index in [0.717, 1.165) is 63.4 Å². The highest BCUT2D eigenvalue weighted by molar-refractivity contribution is 14.0. The third kappa shape index (κ3) is 6.32. The molecule has 0 radical (unpaired) electrons. The molecule has 7 nitrogen and oxygen atoms in total. The molecular weight excluding hydrogens is 493 g/mol. The molecule has 1 aliphatic carbocycles. The molecule has 2 N–H and O–H groups in total. The van der Waals surface area contributed by atoms with Crippen LogP contribution in [-0.2, 0) is 4.74 Å². The molecule has 0 aromatic carbocycles. The van der Waals surface area contributed by atoms with Crippen LogP contribution in [0.5, 0.6) is 0 Å². The van der Waals surface area contributed by atoms with Gasteiger partial charge in [0.1, 0.15) is 5.76 Å². The van der Waals surface area contributed by atoms with Crippen molar-refractivity contribution >= 4 is 29.9 Å². The highest BCUT2D eigenvalue weighted by atomic mass is 127. The van der Waals surface area contributed by atoms with E-state index in [1.54, 1.807) is 0 Å². The first-order chi connectivity index (χ1) is 14.1. The van der Waals surface area contributed by atoms with Crippen molar-refractivity contribution in [2.45, 2.75) is 71.3 Å². The molecule has 3 rings (SSSR count). The number of guanidine groups is 1. The van der Waals surface area contributed by atoms with Crippen LogP contribution >= 0.6 is 24.0 Å². The van der Waals surface area contributed by atoms with Crippen LogP contribution in [0, 0.1) is 13.8 Å². The lowest BCUT2D eigenvalue weighted by Gasteiger charge is -2.47. The molecule has 1 aromatic heterocycles.